The Kier molecular flexibility index (Phi) is 5.88. The number of hydrogen-bond donors (Lipinski definition) is 3. The molecule has 0 amide bonds. The summed E-state index contributed by atoms with van der Waals surface area (Å²) in [5, 5.41) is 7.03. The topological polar surface area (TPSA) is 39.8 Å². The number of rotatable bonds is 4. The summed E-state index contributed by atoms with van der Waals surface area (Å²) >= 11 is 0. The van der Waals surface area contributed by atoms with Crippen molar-refractivity contribution in [2.75, 3.05) is 19.6 Å². The summed E-state index contributed by atoms with van der Waals surface area (Å²) in [4.78, 5) is 3.25. The smallest absolute Gasteiger partial charge is 0.0444 e. The molecule has 2 atom stereocenters. The molecule has 1 aromatic rings. The molecular weight excluding hydrogens is 222 g/mol. The predicted octanol–water partition coefficient (Wildman–Crippen LogP) is 2.09. The van der Waals surface area contributed by atoms with Gasteiger partial charge in [0.05, 0.1) is 0 Å². The largest absolute Gasteiger partial charge is 0.364 e. The number of hydrogen-bond acceptors (Lipinski definition) is 2. The summed E-state index contributed by atoms with van der Waals surface area (Å²) in [6.07, 6.45) is 4.66. The highest BCUT2D eigenvalue weighted by molar-refractivity contribution is 5.85. The molecule has 2 unspecified atom stereocenters. The van der Waals surface area contributed by atoms with Crippen LogP contribution in [0.4, 0.5) is 0 Å². The number of halogens is 1. The lowest BCUT2D eigenvalue weighted by molar-refractivity contribution is 0.347. The standard InChI is InChI=1S/C12H21N3.ClH/c1-10(12-5-3-7-14-12)15-9-11-4-2-6-13-8-11;/h3,5,7,10-11,13-15H,2,4,6,8-9H2,1H3;1H. The molecule has 0 spiro atoms. The second-order valence-electron chi connectivity index (χ2n) is 4.47. The van der Waals surface area contributed by atoms with Crippen molar-refractivity contribution in [3.8, 4) is 0 Å². The summed E-state index contributed by atoms with van der Waals surface area (Å²) in [5.41, 5.74) is 1.28. The molecular formula is C12H22ClN3. The summed E-state index contributed by atoms with van der Waals surface area (Å²) in [6.45, 7) is 5.70. The molecule has 1 saturated heterocycles. The van der Waals surface area contributed by atoms with Crippen molar-refractivity contribution in [1.82, 2.24) is 15.6 Å². The quantitative estimate of drug-likeness (QED) is 0.758. The van der Waals surface area contributed by atoms with Crippen LogP contribution in [0.15, 0.2) is 18.3 Å². The first kappa shape index (κ1) is 13.6. The Morgan fingerprint density at radius 2 is 2.44 bits per heavy atom. The van der Waals surface area contributed by atoms with Crippen LogP contribution in [-0.4, -0.2) is 24.6 Å². The third-order valence-electron chi connectivity index (χ3n) is 3.20. The molecule has 2 rings (SSSR count). The van der Waals surface area contributed by atoms with Crippen LogP contribution in [-0.2, 0) is 0 Å². The molecule has 0 radical (unpaired) electrons. The van der Waals surface area contributed by atoms with Crippen LogP contribution in [0.2, 0.25) is 0 Å². The van der Waals surface area contributed by atoms with Gasteiger partial charge in [0, 0.05) is 17.9 Å². The minimum atomic E-state index is 0. The Hall–Kier alpha value is -0.510. The summed E-state index contributed by atoms with van der Waals surface area (Å²) in [7, 11) is 0. The van der Waals surface area contributed by atoms with Crippen molar-refractivity contribution < 1.29 is 0 Å². The van der Waals surface area contributed by atoms with Gasteiger partial charge in [-0.15, -0.1) is 12.4 Å². The monoisotopic (exact) mass is 243 g/mol. The number of nitrogens with one attached hydrogen (secondary N) is 3. The van der Waals surface area contributed by atoms with E-state index in [0.29, 0.717) is 6.04 Å². The third-order valence-corrected chi connectivity index (χ3v) is 3.20. The summed E-state index contributed by atoms with van der Waals surface area (Å²) in [5.74, 6) is 0.802. The fraction of sp³-hybridized carbons (Fsp3) is 0.667. The van der Waals surface area contributed by atoms with Gasteiger partial charge in [0.15, 0.2) is 0 Å². The van der Waals surface area contributed by atoms with Gasteiger partial charge in [-0.1, -0.05) is 0 Å². The maximum absolute atomic E-state index is 3.58. The van der Waals surface area contributed by atoms with Gasteiger partial charge in [0.25, 0.3) is 0 Å². The van der Waals surface area contributed by atoms with E-state index in [9.17, 15) is 0 Å². The molecule has 3 nitrogen and oxygen atoms in total. The minimum absolute atomic E-state index is 0. The highest BCUT2D eigenvalue weighted by atomic mass is 35.5. The van der Waals surface area contributed by atoms with Crippen LogP contribution in [0.1, 0.15) is 31.5 Å². The third kappa shape index (κ3) is 3.81. The van der Waals surface area contributed by atoms with E-state index in [1.165, 1.54) is 31.6 Å². The zero-order valence-corrected chi connectivity index (χ0v) is 10.6. The van der Waals surface area contributed by atoms with Crippen molar-refractivity contribution in [2.24, 2.45) is 5.92 Å². The van der Waals surface area contributed by atoms with Gasteiger partial charge in [0.2, 0.25) is 0 Å². The van der Waals surface area contributed by atoms with Crippen LogP contribution >= 0.6 is 12.4 Å². The maximum Gasteiger partial charge on any atom is 0.0444 e. The Morgan fingerprint density at radius 3 is 3.06 bits per heavy atom. The molecule has 1 aromatic heterocycles. The zero-order valence-electron chi connectivity index (χ0n) is 9.83. The highest BCUT2D eigenvalue weighted by Crippen LogP contribution is 2.12. The van der Waals surface area contributed by atoms with Crippen molar-refractivity contribution in [1.29, 1.82) is 0 Å². The van der Waals surface area contributed by atoms with Crippen LogP contribution in [0.3, 0.4) is 0 Å². The molecule has 0 aromatic carbocycles. The van der Waals surface area contributed by atoms with Gasteiger partial charge < -0.3 is 15.6 Å². The van der Waals surface area contributed by atoms with Crippen molar-refractivity contribution in [2.45, 2.75) is 25.8 Å². The minimum Gasteiger partial charge on any atom is -0.364 e. The lowest BCUT2D eigenvalue weighted by Gasteiger charge is -2.24. The normalized spacial score (nSPS) is 22.4. The number of aromatic nitrogens is 1. The molecule has 16 heavy (non-hydrogen) atoms. The SMILES string of the molecule is CC(NCC1CCCNC1)c1ccc[nH]1.Cl. The zero-order chi connectivity index (χ0) is 10.5. The van der Waals surface area contributed by atoms with E-state index in [1.807, 2.05) is 6.20 Å². The average Bonchev–Trinajstić information content (AvgIpc) is 2.81. The number of H-pyrrole nitrogens is 1. The van der Waals surface area contributed by atoms with Gasteiger partial charge in [-0.25, -0.2) is 0 Å². The first-order valence-corrected chi connectivity index (χ1v) is 5.93. The second kappa shape index (κ2) is 6.94. The van der Waals surface area contributed by atoms with E-state index in [0.717, 1.165) is 12.5 Å². The van der Waals surface area contributed by atoms with E-state index in [1.54, 1.807) is 0 Å². The van der Waals surface area contributed by atoms with Crippen LogP contribution in [0.5, 0.6) is 0 Å². The lowest BCUT2D eigenvalue weighted by atomic mass is 9.99. The molecule has 3 N–H and O–H groups in total. The van der Waals surface area contributed by atoms with Crippen molar-refractivity contribution >= 4 is 12.4 Å². The van der Waals surface area contributed by atoms with Gasteiger partial charge >= 0.3 is 0 Å². The first-order valence-electron chi connectivity index (χ1n) is 5.93. The van der Waals surface area contributed by atoms with E-state index < -0.39 is 0 Å². The van der Waals surface area contributed by atoms with Crippen molar-refractivity contribution in [3.05, 3.63) is 24.0 Å². The molecule has 2 heterocycles. The highest BCUT2D eigenvalue weighted by Gasteiger charge is 2.14. The van der Waals surface area contributed by atoms with E-state index in [4.69, 9.17) is 0 Å². The summed E-state index contributed by atoms with van der Waals surface area (Å²) in [6, 6.07) is 4.62. The maximum atomic E-state index is 3.58. The number of piperidine rings is 1. The van der Waals surface area contributed by atoms with Crippen LogP contribution in [0.25, 0.3) is 0 Å². The van der Waals surface area contributed by atoms with Gasteiger partial charge in [-0.3, -0.25) is 0 Å². The molecule has 1 aliphatic heterocycles. The second-order valence-corrected chi connectivity index (χ2v) is 4.47. The molecule has 92 valence electrons. The Balaban J connectivity index is 0.00000128. The van der Waals surface area contributed by atoms with Crippen LogP contribution in [0, 0.1) is 5.92 Å². The van der Waals surface area contributed by atoms with Crippen molar-refractivity contribution in [3.63, 3.8) is 0 Å². The van der Waals surface area contributed by atoms with Crippen LogP contribution < -0.4 is 10.6 Å². The molecule has 0 bridgehead atoms. The number of aromatic amines is 1. The van der Waals surface area contributed by atoms with E-state index in [2.05, 4.69) is 34.7 Å². The molecule has 1 aliphatic rings. The Morgan fingerprint density at radius 1 is 1.56 bits per heavy atom. The summed E-state index contributed by atoms with van der Waals surface area (Å²) < 4.78 is 0. The van der Waals surface area contributed by atoms with Gasteiger partial charge in [-0.2, -0.15) is 0 Å². The Labute approximate surface area is 104 Å². The molecule has 0 saturated carbocycles. The van der Waals surface area contributed by atoms with E-state index in [-0.39, 0.29) is 12.4 Å². The first-order chi connectivity index (χ1) is 7.36. The average molecular weight is 244 g/mol. The lowest BCUT2D eigenvalue weighted by Crippen LogP contribution is -2.36. The fourth-order valence-electron chi connectivity index (χ4n) is 2.17. The molecule has 4 heteroatoms. The van der Waals surface area contributed by atoms with Gasteiger partial charge in [-0.05, 0) is 57.5 Å². The Bertz CT molecular complexity index is 268. The van der Waals surface area contributed by atoms with E-state index >= 15 is 0 Å². The molecule has 1 fully saturated rings. The molecule has 0 aliphatic carbocycles. The van der Waals surface area contributed by atoms with Gasteiger partial charge in [0.1, 0.15) is 0 Å². The predicted molar refractivity (Wildman–Crippen MR) is 70.1 cm³/mol. The fourth-order valence-corrected chi connectivity index (χ4v) is 2.17.